The first-order chi connectivity index (χ1) is 12.0. The van der Waals surface area contributed by atoms with Gasteiger partial charge in [0.2, 0.25) is 5.91 Å². The van der Waals surface area contributed by atoms with Crippen molar-refractivity contribution in [3.05, 3.63) is 29.2 Å². The number of nitrogens with zero attached hydrogens (tertiary/aromatic N) is 5. The smallest absolute Gasteiger partial charge is 0.236 e. The maximum atomic E-state index is 12.0. The molecule has 2 aromatic rings. The van der Waals surface area contributed by atoms with E-state index in [0.717, 1.165) is 48.3 Å². The molecule has 3 heterocycles. The van der Waals surface area contributed by atoms with Crippen LogP contribution in [0.1, 0.15) is 30.1 Å². The average molecular weight is 360 g/mol. The highest BCUT2D eigenvalue weighted by Crippen LogP contribution is 2.31. The zero-order valence-electron chi connectivity index (χ0n) is 14.9. The van der Waals surface area contributed by atoms with Gasteiger partial charge in [-0.2, -0.15) is 0 Å². The molecule has 2 aromatic heterocycles. The summed E-state index contributed by atoms with van der Waals surface area (Å²) in [7, 11) is 3.59. The monoisotopic (exact) mass is 360 g/mol. The van der Waals surface area contributed by atoms with Crippen molar-refractivity contribution < 1.29 is 4.79 Å². The second-order valence-corrected chi connectivity index (χ2v) is 7.43. The first kappa shape index (κ1) is 17.8. The number of amides is 1. The van der Waals surface area contributed by atoms with Crippen LogP contribution >= 0.6 is 11.3 Å². The van der Waals surface area contributed by atoms with Crippen LogP contribution in [0.2, 0.25) is 0 Å². The number of aromatic nitrogens is 3. The first-order valence-corrected chi connectivity index (χ1v) is 9.33. The number of likely N-dealkylation sites (N-methyl/N-ethyl adjacent to an activating group) is 1. The Morgan fingerprint density at radius 1 is 1.40 bits per heavy atom. The minimum absolute atomic E-state index is 0.136. The van der Waals surface area contributed by atoms with E-state index in [1.165, 1.54) is 0 Å². The molecular formula is C17H24N6OS. The molecule has 1 aliphatic heterocycles. The molecule has 1 saturated heterocycles. The van der Waals surface area contributed by atoms with Gasteiger partial charge in [-0.25, -0.2) is 9.97 Å². The Morgan fingerprint density at radius 3 is 2.92 bits per heavy atom. The number of anilines is 2. The van der Waals surface area contributed by atoms with Crippen LogP contribution in [0.3, 0.4) is 0 Å². The summed E-state index contributed by atoms with van der Waals surface area (Å²) in [6, 6.07) is 0. The molecule has 1 unspecified atom stereocenters. The highest BCUT2D eigenvalue weighted by atomic mass is 32.1. The maximum Gasteiger partial charge on any atom is 0.236 e. The van der Waals surface area contributed by atoms with Crippen LogP contribution in [0.15, 0.2) is 17.8 Å². The molecule has 134 valence electrons. The largest absolute Gasteiger partial charge is 0.348 e. The van der Waals surface area contributed by atoms with Gasteiger partial charge in [-0.15, -0.1) is 11.3 Å². The summed E-state index contributed by atoms with van der Waals surface area (Å²) >= 11 is 1.56. The third-order valence-electron chi connectivity index (χ3n) is 4.32. The van der Waals surface area contributed by atoms with Crippen LogP contribution in [0.25, 0.3) is 0 Å². The molecule has 0 aromatic carbocycles. The van der Waals surface area contributed by atoms with Crippen LogP contribution in [-0.2, 0) is 4.79 Å². The zero-order chi connectivity index (χ0) is 17.8. The van der Waals surface area contributed by atoms with Crippen molar-refractivity contribution >= 4 is 28.2 Å². The number of carbonyl (C=O) groups excluding carboxylic acids is 1. The van der Waals surface area contributed by atoms with Gasteiger partial charge in [0.25, 0.3) is 0 Å². The lowest BCUT2D eigenvalue weighted by molar-refractivity contribution is -0.130. The number of nitrogens with one attached hydrogen (secondary N) is 1. The molecule has 3 rings (SSSR count). The lowest BCUT2D eigenvalue weighted by Gasteiger charge is -2.32. The third-order valence-corrected chi connectivity index (χ3v) is 5.20. The predicted octanol–water partition coefficient (Wildman–Crippen LogP) is 2.25. The summed E-state index contributed by atoms with van der Waals surface area (Å²) in [5.41, 5.74) is 1.95. The molecule has 1 aliphatic rings. The Bertz CT molecular complexity index is 731. The molecule has 1 fully saturated rings. The van der Waals surface area contributed by atoms with Gasteiger partial charge in [0.15, 0.2) is 10.9 Å². The van der Waals surface area contributed by atoms with Crippen LogP contribution in [0, 0.1) is 6.92 Å². The van der Waals surface area contributed by atoms with E-state index in [9.17, 15) is 4.79 Å². The van der Waals surface area contributed by atoms with E-state index in [-0.39, 0.29) is 11.8 Å². The number of piperidine rings is 1. The molecule has 25 heavy (non-hydrogen) atoms. The number of aryl methyl sites for hydroxylation is 1. The van der Waals surface area contributed by atoms with Gasteiger partial charge < -0.3 is 10.2 Å². The fraction of sp³-hybridized carbons (Fsp3) is 0.529. The molecule has 0 spiro atoms. The van der Waals surface area contributed by atoms with Crippen molar-refractivity contribution in [1.82, 2.24) is 24.8 Å². The maximum absolute atomic E-state index is 12.0. The number of carbonyl (C=O) groups is 1. The summed E-state index contributed by atoms with van der Waals surface area (Å²) in [4.78, 5) is 29.4. The molecule has 7 nitrogen and oxygen atoms in total. The van der Waals surface area contributed by atoms with E-state index >= 15 is 0 Å². The van der Waals surface area contributed by atoms with Crippen LogP contribution in [0.5, 0.6) is 0 Å². The predicted molar refractivity (Wildman–Crippen MR) is 99.3 cm³/mol. The standard InChI is InChI=1S/C17H24N6OS/c1-12-11-25-17(20-12)21-16-15(18-6-7-19-16)13-5-4-8-23(9-13)10-14(24)22(2)3/h6-7,11,13H,4-5,8-10H2,1-3H3,(H,19,20,21). The molecule has 0 aliphatic carbocycles. The number of rotatable bonds is 5. The molecule has 1 N–H and O–H groups in total. The summed E-state index contributed by atoms with van der Waals surface area (Å²) in [5.74, 6) is 1.17. The number of thiazole rings is 1. The van der Waals surface area contributed by atoms with Crippen molar-refractivity contribution in [3.63, 3.8) is 0 Å². The van der Waals surface area contributed by atoms with Gasteiger partial charge in [-0.3, -0.25) is 14.7 Å². The molecule has 1 atom stereocenters. The van der Waals surface area contributed by atoms with E-state index in [1.807, 2.05) is 12.3 Å². The van der Waals surface area contributed by atoms with Crippen LogP contribution in [-0.4, -0.2) is 64.4 Å². The number of hydrogen-bond donors (Lipinski definition) is 1. The van der Waals surface area contributed by atoms with E-state index in [1.54, 1.807) is 42.7 Å². The van der Waals surface area contributed by atoms with Gasteiger partial charge in [0.1, 0.15) is 0 Å². The Hall–Kier alpha value is -2.06. The van der Waals surface area contributed by atoms with Crippen molar-refractivity contribution in [2.75, 3.05) is 39.0 Å². The van der Waals surface area contributed by atoms with Crippen molar-refractivity contribution in [2.24, 2.45) is 0 Å². The first-order valence-electron chi connectivity index (χ1n) is 8.45. The highest BCUT2D eigenvalue weighted by Gasteiger charge is 2.26. The number of hydrogen-bond acceptors (Lipinski definition) is 7. The molecule has 0 saturated carbocycles. The lowest BCUT2D eigenvalue weighted by atomic mass is 9.94. The van der Waals surface area contributed by atoms with E-state index in [2.05, 4.69) is 25.2 Å². The van der Waals surface area contributed by atoms with Crippen molar-refractivity contribution in [2.45, 2.75) is 25.7 Å². The quantitative estimate of drug-likeness (QED) is 0.882. The van der Waals surface area contributed by atoms with E-state index < -0.39 is 0 Å². The average Bonchev–Trinajstić information content (AvgIpc) is 3.00. The van der Waals surface area contributed by atoms with Gasteiger partial charge in [-0.05, 0) is 26.3 Å². The van der Waals surface area contributed by atoms with Crippen molar-refractivity contribution in [3.8, 4) is 0 Å². The summed E-state index contributed by atoms with van der Waals surface area (Å²) < 4.78 is 0. The van der Waals surface area contributed by atoms with Gasteiger partial charge in [0, 0.05) is 44.3 Å². The molecule has 1 amide bonds. The summed E-state index contributed by atoms with van der Waals surface area (Å²) in [6.45, 7) is 4.20. The van der Waals surface area contributed by atoms with Crippen LogP contribution in [0.4, 0.5) is 10.9 Å². The van der Waals surface area contributed by atoms with Gasteiger partial charge in [-0.1, -0.05) is 0 Å². The summed E-state index contributed by atoms with van der Waals surface area (Å²) in [6.07, 6.45) is 5.54. The second kappa shape index (κ2) is 7.88. The topological polar surface area (TPSA) is 74.2 Å². The Morgan fingerprint density at radius 2 is 2.20 bits per heavy atom. The van der Waals surface area contributed by atoms with Crippen molar-refractivity contribution in [1.29, 1.82) is 0 Å². The lowest BCUT2D eigenvalue weighted by Crippen LogP contribution is -2.41. The minimum Gasteiger partial charge on any atom is -0.348 e. The Kier molecular flexibility index (Phi) is 5.60. The zero-order valence-corrected chi connectivity index (χ0v) is 15.7. The highest BCUT2D eigenvalue weighted by molar-refractivity contribution is 7.13. The Labute approximate surface area is 152 Å². The molecule has 8 heteroatoms. The van der Waals surface area contributed by atoms with Crippen LogP contribution < -0.4 is 5.32 Å². The van der Waals surface area contributed by atoms with E-state index in [0.29, 0.717) is 6.54 Å². The Balaban J connectivity index is 1.73. The second-order valence-electron chi connectivity index (χ2n) is 6.57. The van der Waals surface area contributed by atoms with E-state index in [4.69, 9.17) is 0 Å². The normalized spacial score (nSPS) is 18.1. The third kappa shape index (κ3) is 4.52. The number of likely N-dealkylation sites (tertiary alicyclic amines) is 1. The fourth-order valence-corrected chi connectivity index (χ4v) is 3.70. The summed E-state index contributed by atoms with van der Waals surface area (Å²) in [5, 5.41) is 6.14. The van der Waals surface area contributed by atoms with Gasteiger partial charge >= 0.3 is 0 Å². The molecule has 0 radical (unpaired) electrons. The fourth-order valence-electron chi connectivity index (χ4n) is 3.01. The molecular weight excluding hydrogens is 336 g/mol. The van der Waals surface area contributed by atoms with Gasteiger partial charge in [0.05, 0.1) is 17.9 Å². The SMILES string of the molecule is Cc1csc(Nc2nccnc2C2CCCN(CC(=O)N(C)C)C2)n1. The molecule has 0 bridgehead atoms. The minimum atomic E-state index is 0.136.